The number of fused-ring (bicyclic) bond motifs is 1. The summed E-state index contributed by atoms with van der Waals surface area (Å²) in [6.45, 7) is 3.62. The van der Waals surface area contributed by atoms with Gasteiger partial charge in [-0.2, -0.15) is 0 Å². The average molecular weight is 420 g/mol. The number of carbonyl (C=O) groups is 2. The molecule has 158 valence electrons. The maximum Gasteiger partial charge on any atom is 0.506 e. The van der Waals surface area contributed by atoms with Crippen LogP contribution >= 0.6 is 11.8 Å². The molecule has 0 spiro atoms. The van der Waals surface area contributed by atoms with Gasteiger partial charge in [0.25, 0.3) is 5.91 Å². The number of nitrogens with one attached hydrogen (secondary N) is 1. The van der Waals surface area contributed by atoms with Gasteiger partial charge in [0.15, 0.2) is 0 Å². The van der Waals surface area contributed by atoms with Crippen LogP contribution in [0.15, 0.2) is 17.2 Å². The van der Waals surface area contributed by atoms with Crippen LogP contribution in [0.3, 0.4) is 0 Å². The summed E-state index contributed by atoms with van der Waals surface area (Å²) in [4.78, 5) is 30.6. The van der Waals surface area contributed by atoms with Gasteiger partial charge in [0.1, 0.15) is 16.9 Å². The maximum absolute atomic E-state index is 12.9. The number of amides is 1. The van der Waals surface area contributed by atoms with Crippen molar-refractivity contribution in [2.24, 2.45) is 11.8 Å². The molecule has 29 heavy (non-hydrogen) atoms. The van der Waals surface area contributed by atoms with Crippen molar-refractivity contribution in [3.63, 3.8) is 0 Å². The minimum absolute atomic E-state index is 0.0197. The number of ether oxygens (including phenoxy) is 1. The second-order valence-electron chi connectivity index (χ2n) is 8.26. The Hall–Kier alpha value is -1.96. The van der Waals surface area contributed by atoms with Gasteiger partial charge in [0.2, 0.25) is 0 Å². The quantitative estimate of drug-likeness (QED) is 0.513. The predicted molar refractivity (Wildman–Crippen MR) is 112 cm³/mol. The monoisotopic (exact) mass is 419 g/mol. The number of anilines is 1. The highest BCUT2D eigenvalue weighted by atomic mass is 32.2. The highest BCUT2D eigenvalue weighted by Crippen LogP contribution is 2.48. The van der Waals surface area contributed by atoms with Crippen molar-refractivity contribution < 1.29 is 19.4 Å². The van der Waals surface area contributed by atoms with Crippen LogP contribution < -0.4 is 10.2 Å². The molecule has 2 saturated carbocycles. The number of nitrogens with zero attached hydrogens (tertiary/aromatic N) is 2. The van der Waals surface area contributed by atoms with E-state index >= 15 is 0 Å². The van der Waals surface area contributed by atoms with Gasteiger partial charge in [-0.3, -0.25) is 4.79 Å². The Kier molecular flexibility index (Phi) is 6.18. The van der Waals surface area contributed by atoms with E-state index in [1.165, 1.54) is 19.3 Å². The summed E-state index contributed by atoms with van der Waals surface area (Å²) in [5, 5.41) is 12.8. The molecular weight excluding hydrogens is 390 g/mol. The van der Waals surface area contributed by atoms with Gasteiger partial charge in [0, 0.05) is 31.0 Å². The van der Waals surface area contributed by atoms with E-state index in [2.05, 4.69) is 17.1 Å². The van der Waals surface area contributed by atoms with E-state index in [-0.39, 0.29) is 29.9 Å². The maximum atomic E-state index is 12.9. The smallest absolute Gasteiger partial charge is 0.450 e. The van der Waals surface area contributed by atoms with Crippen molar-refractivity contribution in [1.29, 1.82) is 0 Å². The number of piperidine rings is 1. The Morgan fingerprint density at radius 2 is 1.97 bits per heavy atom. The number of aromatic nitrogens is 1. The molecule has 0 bridgehead atoms. The molecule has 1 unspecified atom stereocenters. The van der Waals surface area contributed by atoms with Crippen LogP contribution in [0.2, 0.25) is 0 Å². The second-order valence-corrected chi connectivity index (χ2v) is 9.34. The second kappa shape index (κ2) is 8.81. The minimum Gasteiger partial charge on any atom is -0.450 e. The summed E-state index contributed by atoms with van der Waals surface area (Å²) in [5.74, 6) is 2.27. The van der Waals surface area contributed by atoms with Gasteiger partial charge in [-0.25, -0.2) is 9.78 Å². The fraction of sp³-hybridized carbons (Fsp3) is 0.667. The van der Waals surface area contributed by atoms with Crippen LogP contribution in [0.4, 0.5) is 10.6 Å². The summed E-state index contributed by atoms with van der Waals surface area (Å²) in [5.41, 5.74) is 0.661. The number of carbonyl (C=O) groups excluding carboxylic acids is 1. The van der Waals surface area contributed by atoms with E-state index in [1.807, 2.05) is 12.1 Å². The van der Waals surface area contributed by atoms with Gasteiger partial charge in [0.05, 0.1) is 5.56 Å². The first-order valence-electron chi connectivity index (χ1n) is 10.7. The van der Waals surface area contributed by atoms with Crippen molar-refractivity contribution in [3.05, 3.63) is 17.7 Å². The summed E-state index contributed by atoms with van der Waals surface area (Å²) in [7, 11) is 0. The Bertz CT molecular complexity index is 756. The number of carboxylic acid groups (broad SMARTS) is 1. The van der Waals surface area contributed by atoms with Gasteiger partial charge >= 0.3 is 6.16 Å². The summed E-state index contributed by atoms with van der Waals surface area (Å²) in [6, 6.07) is 4.09. The molecule has 0 radical (unpaired) electrons. The van der Waals surface area contributed by atoms with Crippen molar-refractivity contribution in [2.45, 2.75) is 62.6 Å². The number of hydrogen-bond donors (Lipinski definition) is 2. The molecule has 2 aliphatic carbocycles. The number of rotatable bonds is 7. The zero-order chi connectivity index (χ0) is 20.4. The average Bonchev–Trinajstić information content (AvgIpc) is 3.14. The normalized spacial score (nSPS) is 26.1. The zero-order valence-electron chi connectivity index (χ0n) is 16.8. The predicted octanol–water partition coefficient (Wildman–Crippen LogP) is 3.78. The highest BCUT2D eigenvalue weighted by Gasteiger charge is 2.59. The van der Waals surface area contributed by atoms with E-state index in [4.69, 9.17) is 14.8 Å². The third-order valence-corrected chi connectivity index (χ3v) is 7.35. The van der Waals surface area contributed by atoms with Gasteiger partial charge in [-0.1, -0.05) is 26.2 Å². The van der Waals surface area contributed by atoms with Crippen LogP contribution in [0.25, 0.3) is 0 Å². The summed E-state index contributed by atoms with van der Waals surface area (Å²) >= 11 is 1.63. The van der Waals surface area contributed by atoms with E-state index in [0.717, 1.165) is 48.9 Å². The SMILES string of the molecule is CCCSc1nc(N2C[C@@H]3C(OC(=O)O)[C@@H]3C2)ccc1C(=O)NC1CCCCC1. The Balaban J connectivity index is 1.43. The molecule has 3 atom stereocenters. The van der Waals surface area contributed by atoms with Crippen LogP contribution in [0, 0.1) is 11.8 Å². The first-order chi connectivity index (χ1) is 14.1. The lowest BCUT2D eigenvalue weighted by Crippen LogP contribution is -2.36. The molecule has 8 heteroatoms. The third kappa shape index (κ3) is 4.63. The minimum atomic E-state index is -1.19. The molecule has 3 fully saturated rings. The molecule has 0 aromatic carbocycles. The molecule has 2 N–H and O–H groups in total. The van der Waals surface area contributed by atoms with Crippen LogP contribution in [0.1, 0.15) is 55.8 Å². The van der Waals surface area contributed by atoms with E-state index in [9.17, 15) is 9.59 Å². The van der Waals surface area contributed by atoms with Crippen molar-refractivity contribution in [1.82, 2.24) is 10.3 Å². The van der Waals surface area contributed by atoms with E-state index in [1.54, 1.807) is 11.8 Å². The zero-order valence-corrected chi connectivity index (χ0v) is 17.6. The van der Waals surface area contributed by atoms with Gasteiger partial charge in [-0.05, 0) is 37.1 Å². The number of pyridine rings is 1. The molecule has 2 heterocycles. The standard InChI is InChI=1S/C21H29N3O4S/c1-2-10-29-20-14(19(25)22-13-6-4-3-5-7-13)8-9-17(23-20)24-11-15-16(12-24)18(15)28-21(26)27/h8-9,13,15-16,18H,2-7,10-12H2,1H3,(H,22,25)(H,26,27)/t15-,16+,18?. The Morgan fingerprint density at radius 1 is 1.24 bits per heavy atom. The molecular formula is C21H29N3O4S. The van der Waals surface area contributed by atoms with Crippen LogP contribution in [-0.4, -0.2) is 53.1 Å². The lowest BCUT2D eigenvalue weighted by molar-refractivity contribution is 0.0757. The molecule has 1 saturated heterocycles. The Morgan fingerprint density at radius 3 is 2.62 bits per heavy atom. The number of hydrogen-bond acceptors (Lipinski definition) is 6. The topological polar surface area (TPSA) is 91.8 Å². The first-order valence-corrected chi connectivity index (χ1v) is 11.6. The Labute approximate surface area is 175 Å². The molecule has 1 aliphatic heterocycles. The summed E-state index contributed by atoms with van der Waals surface area (Å²) in [6.07, 6.45) is 5.40. The molecule has 1 aromatic heterocycles. The molecule has 7 nitrogen and oxygen atoms in total. The van der Waals surface area contributed by atoms with Crippen molar-refractivity contribution in [2.75, 3.05) is 23.7 Å². The van der Waals surface area contributed by atoms with Gasteiger partial charge in [-0.15, -0.1) is 11.8 Å². The lowest BCUT2D eigenvalue weighted by atomic mass is 9.95. The molecule has 4 rings (SSSR count). The molecule has 3 aliphatic rings. The highest BCUT2D eigenvalue weighted by molar-refractivity contribution is 7.99. The molecule has 1 aromatic rings. The lowest BCUT2D eigenvalue weighted by Gasteiger charge is -2.24. The van der Waals surface area contributed by atoms with Crippen molar-refractivity contribution >= 4 is 29.6 Å². The largest absolute Gasteiger partial charge is 0.506 e. The fourth-order valence-corrected chi connectivity index (χ4v) is 5.42. The van der Waals surface area contributed by atoms with Gasteiger partial charge < -0.3 is 20.1 Å². The van der Waals surface area contributed by atoms with E-state index in [0.29, 0.717) is 5.56 Å². The van der Waals surface area contributed by atoms with Crippen LogP contribution in [0.5, 0.6) is 0 Å². The number of thioether (sulfide) groups is 1. The first kappa shape index (κ1) is 20.3. The van der Waals surface area contributed by atoms with Crippen molar-refractivity contribution in [3.8, 4) is 0 Å². The van der Waals surface area contributed by atoms with Crippen LogP contribution in [-0.2, 0) is 4.74 Å². The summed E-state index contributed by atoms with van der Waals surface area (Å²) < 4.78 is 4.92. The van der Waals surface area contributed by atoms with E-state index < -0.39 is 6.16 Å². The fourth-order valence-electron chi connectivity index (χ4n) is 4.55. The third-order valence-electron chi connectivity index (χ3n) is 6.15. The molecule has 1 amide bonds.